The van der Waals surface area contributed by atoms with E-state index in [4.69, 9.17) is 10.5 Å². The van der Waals surface area contributed by atoms with Crippen LogP contribution in [0.1, 0.15) is 32.8 Å². The molecule has 26 heavy (non-hydrogen) atoms. The smallest absolute Gasteiger partial charge is 0.410 e. The largest absolute Gasteiger partial charge is 0.445 e. The molecule has 2 rings (SSSR count). The minimum absolute atomic E-state index is 0.0113. The maximum absolute atomic E-state index is 12.4. The molecule has 6 heteroatoms. The van der Waals surface area contributed by atoms with Crippen LogP contribution in [0.5, 0.6) is 0 Å². The highest BCUT2D eigenvalue weighted by Crippen LogP contribution is 2.20. The molecule has 1 aliphatic rings. The van der Waals surface area contributed by atoms with Gasteiger partial charge in [-0.2, -0.15) is 0 Å². The van der Waals surface area contributed by atoms with Gasteiger partial charge < -0.3 is 20.3 Å². The topological polar surface area (TPSA) is 75.9 Å². The van der Waals surface area contributed by atoms with E-state index in [1.54, 1.807) is 4.90 Å². The van der Waals surface area contributed by atoms with Gasteiger partial charge in [-0.05, 0) is 30.7 Å². The molecule has 1 heterocycles. The highest BCUT2D eigenvalue weighted by molar-refractivity contribution is 5.82. The Bertz CT molecular complexity index is 591. The number of carbonyl (C=O) groups is 2. The Morgan fingerprint density at radius 1 is 1.31 bits per heavy atom. The van der Waals surface area contributed by atoms with Gasteiger partial charge in [0.2, 0.25) is 5.91 Å². The number of nitrogens with two attached hydrogens (primary N) is 1. The van der Waals surface area contributed by atoms with Gasteiger partial charge in [0.1, 0.15) is 6.61 Å². The first-order chi connectivity index (χ1) is 12.4. The number of ether oxygens (including phenoxy) is 1. The van der Waals surface area contributed by atoms with Crippen molar-refractivity contribution in [2.24, 2.45) is 17.6 Å². The Kier molecular flexibility index (Phi) is 7.45. The number of hydrogen-bond acceptors (Lipinski definition) is 4. The van der Waals surface area contributed by atoms with Crippen molar-refractivity contribution in [3.63, 3.8) is 0 Å². The van der Waals surface area contributed by atoms with E-state index in [0.717, 1.165) is 12.0 Å². The van der Waals surface area contributed by atoms with Crippen molar-refractivity contribution in [1.82, 2.24) is 9.80 Å². The van der Waals surface area contributed by atoms with Gasteiger partial charge in [-0.3, -0.25) is 4.79 Å². The van der Waals surface area contributed by atoms with E-state index in [1.165, 1.54) is 0 Å². The number of carbonyl (C=O) groups excluding carboxylic acids is 2. The Morgan fingerprint density at radius 2 is 2.00 bits per heavy atom. The molecule has 144 valence electrons. The molecular formula is C20H31N3O3. The zero-order chi connectivity index (χ0) is 19.1. The summed E-state index contributed by atoms with van der Waals surface area (Å²) in [4.78, 5) is 28.3. The first-order valence-corrected chi connectivity index (χ1v) is 9.42. The normalized spacial score (nSPS) is 18.0. The van der Waals surface area contributed by atoms with Crippen LogP contribution in [0.3, 0.4) is 0 Å². The zero-order valence-electron chi connectivity index (χ0n) is 16.1. The predicted octanol–water partition coefficient (Wildman–Crippen LogP) is 2.48. The molecule has 0 saturated carbocycles. The van der Waals surface area contributed by atoms with E-state index in [2.05, 4.69) is 0 Å². The first-order valence-electron chi connectivity index (χ1n) is 9.42. The van der Waals surface area contributed by atoms with Crippen molar-refractivity contribution in [3.05, 3.63) is 35.9 Å². The predicted molar refractivity (Wildman–Crippen MR) is 101 cm³/mol. The molecule has 0 bridgehead atoms. The van der Waals surface area contributed by atoms with Crippen LogP contribution in [0.2, 0.25) is 0 Å². The first kappa shape index (κ1) is 20.2. The molecule has 0 aromatic heterocycles. The lowest BCUT2D eigenvalue weighted by Gasteiger charge is -2.25. The van der Waals surface area contributed by atoms with E-state index in [9.17, 15) is 9.59 Å². The molecule has 2 atom stereocenters. The molecule has 0 unspecified atom stereocenters. The molecule has 6 nitrogen and oxygen atoms in total. The van der Waals surface area contributed by atoms with Crippen LogP contribution in [0, 0.1) is 11.8 Å². The van der Waals surface area contributed by atoms with Gasteiger partial charge in [0.05, 0.1) is 6.04 Å². The van der Waals surface area contributed by atoms with Gasteiger partial charge in [0, 0.05) is 26.2 Å². The summed E-state index contributed by atoms with van der Waals surface area (Å²) in [6, 6.07) is 9.19. The number of hydrogen-bond donors (Lipinski definition) is 1. The highest BCUT2D eigenvalue weighted by Gasteiger charge is 2.32. The van der Waals surface area contributed by atoms with Crippen LogP contribution in [0.15, 0.2) is 30.3 Å². The van der Waals surface area contributed by atoms with E-state index >= 15 is 0 Å². The lowest BCUT2D eigenvalue weighted by atomic mass is 10.0. The van der Waals surface area contributed by atoms with Crippen molar-refractivity contribution >= 4 is 12.0 Å². The average Bonchev–Trinajstić information content (AvgIpc) is 3.12. The standard InChI is InChI=1S/C20H31N3O3/c1-4-22(20(25)26-14-16-8-6-5-7-9-16)12-17-10-11-23(13-17)19(24)18(21)15(2)3/h5-9,15,17-18H,4,10-14,21H2,1-3H3/t17-,18-/m0/s1. The fourth-order valence-electron chi connectivity index (χ4n) is 3.13. The maximum Gasteiger partial charge on any atom is 0.410 e. The molecular weight excluding hydrogens is 330 g/mol. The van der Waals surface area contributed by atoms with Crippen molar-refractivity contribution in [2.45, 2.75) is 39.8 Å². The van der Waals surface area contributed by atoms with Crippen LogP contribution in [-0.4, -0.2) is 54.0 Å². The van der Waals surface area contributed by atoms with Crippen LogP contribution in [0.4, 0.5) is 4.79 Å². The van der Waals surface area contributed by atoms with Gasteiger partial charge in [-0.15, -0.1) is 0 Å². The molecule has 0 spiro atoms. The lowest BCUT2D eigenvalue weighted by molar-refractivity contribution is -0.132. The summed E-state index contributed by atoms with van der Waals surface area (Å²) in [5, 5.41) is 0. The molecule has 0 aliphatic carbocycles. The van der Waals surface area contributed by atoms with Crippen molar-refractivity contribution in [3.8, 4) is 0 Å². The molecule has 2 amide bonds. The number of benzene rings is 1. The molecule has 1 aliphatic heterocycles. The fraction of sp³-hybridized carbons (Fsp3) is 0.600. The van der Waals surface area contributed by atoms with Crippen molar-refractivity contribution in [1.29, 1.82) is 0 Å². The second kappa shape index (κ2) is 9.57. The van der Waals surface area contributed by atoms with Crippen molar-refractivity contribution < 1.29 is 14.3 Å². The summed E-state index contributed by atoms with van der Waals surface area (Å²) in [7, 11) is 0. The van der Waals surface area contributed by atoms with Gasteiger partial charge >= 0.3 is 6.09 Å². The summed E-state index contributed by atoms with van der Waals surface area (Å²) in [5.74, 6) is 0.404. The molecule has 1 aromatic rings. The number of nitrogens with zero attached hydrogens (tertiary/aromatic N) is 2. The quantitative estimate of drug-likeness (QED) is 0.809. The van der Waals surface area contributed by atoms with E-state index < -0.39 is 6.04 Å². The molecule has 1 saturated heterocycles. The molecule has 0 radical (unpaired) electrons. The van der Waals surface area contributed by atoms with Gasteiger partial charge in [0.25, 0.3) is 0 Å². The van der Waals surface area contributed by atoms with E-state index in [-0.39, 0.29) is 30.4 Å². The second-order valence-electron chi connectivity index (χ2n) is 7.29. The Labute approximate surface area is 156 Å². The maximum atomic E-state index is 12.4. The van der Waals surface area contributed by atoms with E-state index in [0.29, 0.717) is 26.2 Å². The Hall–Kier alpha value is -2.08. The summed E-state index contributed by atoms with van der Waals surface area (Å²) < 4.78 is 5.42. The third-order valence-electron chi connectivity index (χ3n) is 4.92. The van der Waals surface area contributed by atoms with Gasteiger partial charge in [0.15, 0.2) is 0 Å². The molecule has 2 N–H and O–H groups in total. The summed E-state index contributed by atoms with van der Waals surface area (Å²) in [6.45, 7) is 8.68. The van der Waals surface area contributed by atoms with Crippen molar-refractivity contribution in [2.75, 3.05) is 26.2 Å². The number of rotatable bonds is 7. The van der Waals surface area contributed by atoms with Crippen LogP contribution in [-0.2, 0) is 16.1 Å². The molecule has 1 aromatic carbocycles. The Balaban J connectivity index is 1.82. The number of amides is 2. The summed E-state index contributed by atoms with van der Waals surface area (Å²) >= 11 is 0. The minimum atomic E-state index is -0.452. The third kappa shape index (κ3) is 5.46. The van der Waals surface area contributed by atoms with E-state index in [1.807, 2.05) is 56.0 Å². The second-order valence-corrected chi connectivity index (χ2v) is 7.29. The third-order valence-corrected chi connectivity index (χ3v) is 4.92. The van der Waals surface area contributed by atoms with Crippen LogP contribution < -0.4 is 5.73 Å². The minimum Gasteiger partial charge on any atom is -0.445 e. The lowest BCUT2D eigenvalue weighted by Crippen LogP contribution is -2.46. The SMILES string of the molecule is CCN(C[C@@H]1CCN(C(=O)[C@@H](N)C(C)C)C1)C(=O)OCc1ccccc1. The summed E-state index contributed by atoms with van der Waals surface area (Å²) in [5.41, 5.74) is 6.95. The van der Waals surface area contributed by atoms with Crippen LogP contribution in [0.25, 0.3) is 0 Å². The van der Waals surface area contributed by atoms with Gasteiger partial charge in [-0.1, -0.05) is 44.2 Å². The highest BCUT2D eigenvalue weighted by atomic mass is 16.6. The Morgan fingerprint density at radius 3 is 2.62 bits per heavy atom. The monoisotopic (exact) mass is 361 g/mol. The number of likely N-dealkylation sites (tertiary alicyclic amines) is 1. The molecule has 1 fully saturated rings. The van der Waals surface area contributed by atoms with Gasteiger partial charge in [-0.25, -0.2) is 4.79 Å². The zero-order valence-corrected chi connectivity index (χ0v) is 16.1. The average molecular weight is 361 g/mol. The van der Waals surface area contributed by atoms with Crippen LogP contribution >= 0.6 is 0 Å². The summed E-state index contributed by atoms with van der Waals surface area (Å²) in [6.07, 6.45) is 0.582. The fourth-order valence-corrected chi connectivity index (χ4v) is 3.13.